The molecule has 4 aromatic rings. The Bertz CT molecular complexity index is 1230. The molecule has 1 atom stereocenters. The molecule has 1 unspecified atom stereocenters. The predicted octanol–water partition coefficient (Wildman–Crippen LogP) is 4.68. The highest BCUT2D eigenvalue weighted by atomic mass is 16.5. The number of fused-ring (bicyclic) bond motifs is 1. The summed E-state index contributed by atoms with van der Waals surface area (Å²) in [4.78, 5) is 16.3. The minimum atomic E-state index is -0.0834. The van der Waals surface area contributed by atoms with Gasteiger partial charge >= 0.3 is 0 Å². The number of methoxy groups -OCH3 is 3. The summed E-state index contributed by atoms with van der Waals surface area (Å²) in [5.41, 5.74) is 4.08. The van der Waals surface area contributed by atoms with Gasteiger partial charge < -0.3 is 24.5 Å². The molecule has 0 aliphatic carbocycles. The van der Waals surface area contributed by atoms with E-state index in [2.05, 4.69) is 22.4 Å². The summed E-state index contributed by atoms with van der Waals surface area (Å²) in [6.45, 7) is 0.458. The number of para-hydroxylation sites is 1. The molecule has 33 heavy (non-hydrogen) atoms. The van der Waals surface area contributed by atoms with Crippen molar-refractivity contribution in [2.24, 2.45) is 0 Å². The number of hydrogen-bond acceptors (Lipinski definition) is 4. The molecule has 4 rings (SSSR count). The highest BCUT2D eigenvalue weighted by Gasteiger charge is 2.20. The zero-order valence-electron chi connectivity index (χ0n) is 19.1. The van der Waals surface area contributed by atoms with Crippen LogP contribution < -0.4 is 19.5 Å². The largest absolute Gasteiger partial charge is 0.497 e. The Hall–Kier alpha value is -3.93. The average Bonchev–Trinajstić information content (AvgIpc) is 3.28. The molecule has 0 aliphatic rings. The number of nitrogens with one attached hydrogen (secondary N) is 2. The number of ether oxygens (including phenoxy) is 3. The Balaban J connectivity index is 1.57. The molecule has 1 aromatic heterocycles. The van der Waals surface area contributed by atoms with Crippen LogP contribution in [-0.4, -0.2) is 38.8 Å². The van der Waals surface area contributed by atoms with Crippen molar-refractivity contribution in [3.63, 3.8) is 0 Å². The van der Waals surface area contributed by atoms with Crippen molar-refractivity contribution in [3.8, 4) is 17.2 Å². The third kappa shape index (κ3) is 4.95. The maximum atomic E-state index is 12.9. The number of rotatable bonds is 9. The number of aromatic amines is 1. The van der Waals surface area contributed by atoms with Crippen molar-refractivity contribution in [2.75, 3.05) is 27.9 Å². The van der Waals surface area contributed by atoms with Gasteiger partial charge in [0.15, 0.2) is 0 Å². The van der Waals surface area contributed by atoms with Crippen molar-refractivity contribution in [1.82, 2.24) is 10.3 Å². The molecule has 0 bridgehead atoms. The number of carbonyl (C=O) groups is 1. The third-order valence-electron chi connectivity index (χ3n) is 5.86. The molecule has 6 heteroatoms. The highest BCUT2D eigenvalue weighted by molar-refractivity contribution is 5.84. The molecule has 1 heterocycles. The Morgan fingerprint density at radius 1 is 0.909 bits per heavy atom. The fourth-order valence-corrected chi connectivity index (χ4v) is 4.10. The topological polar surface area (TPSA) is 72.6 Å². The van der Waals surface area contributed by atoms with E-state index in [4.69, 9.17) is 14.2 Å². The van der Waals surface area contributed by atoms with Crippen molar-refractivity contribution in [2.45, 2.75) is 12.3 Å². The second-order valence-electron chi connectivity index (χ2n) is 7.77. The summed E-state index contributed by atoms with van der Waals surface area (Å²) < 4.78 is 16.0. The Morgan fingerprint density at radius 3 is 2.36 bits per heavy atom. The Kier molecular flexibility index (Phi) is 6.83. The lowest BCUT2D eigenvalue weighted by Crippen LogP contribution is -2.30. The van der Waals surface area contributed by atoms with E-state index in [9.17, 15) is 4.79 Å². The molecule has 170 valence electrons. The fourth-order valence-electron chi connectivity index (χ4n) is 4.10. The summed E-state index contributed by atoms with van der Waals surface area (Å²) in [5, 5.41) is 4.26. The number of H-pyrrole nitrogens is 1. The summed E-state index contributed by atoms with van der Waals surface area (Å²) in [6, 6.07) is 21.6. The van der Waals surface area contributed by atoms with Gasteiger partial charge in [-0.15, -0.1) is 0 Å². The van der Waals surface area contributed by atoms with E-state index < -0.39 is 0 Å². The molecule has 0 saturated carbocycles. The van der Waals surface area contributed by atoms with Crippen LogP contribution in [0.3, 0.4) is 0 Å². The van der Waals surface area contributed by atoms with Crippen LogP contribution in [0.25, 0.3) is 10.9 Å². The normalized spacial score (nSPS) is 11.7. The van der Waals surface area contributed by atoms with E-state index in [-0.39, 0.29) is 18.2 Å². The predicted molar refractivity (Wildman–Crippen MR) is 129 cm³/mol. The van der Waals surface area contributed by atoms with Crippen LogP contribution in [0.5, 0.6) is 17.2 Å². The minimum Gasteiger partial charge on any atom is -0.497 e. The summed E-state index contributed by atoms with van der Waals surface area (Å²) in [5.74, 6) is 2.04. The van der Waals surface area contributed by atoms with Crippen LogP contribution >= 0.6 is 0 Å². The van der Waals surface area contributed by atoms with Gasteiger partial charge in [0.05, 0.1) is 27.8 Å². The van der Waals surface area contributed by atoms with Gasteiger partial charge in [0, 0.05) is 35.1 Å². The van der Waals surface area contributed by atoms with Crippen LogP contribution in [0.1, 0.15) is 22.6 Å². The maximum absolute atomic E-state index is 12.9. The monoisotopic (exact) mass is 444 g/mol. The van der Waals surface area contributed by atoms with Gasteiger partial charge in [-0.2, -0.15) is 0 Å². The van der Waals surface area contributed by atoms with Crippen LogP contribution in [-0.2, 0) is 11.2 Å². The SMILES string of the molecule is COc1ccc(C(CNC(=O)Cc2cc(OC)ccc2OC)c2c[nH]c3ccccc23)cc1. The van der Waals surface area contributed by atoms with Crippen molar-refractivity contribution in [3.05, 3.63) is 89.6 Å². The van der Waals surface area contributed by atoms with Gasteiger partial charge in [0.25, 0.3) is 0 Å². The fraction of sp³-hybridized carbons (Fsp3) is 0.222. The Labute approximate surface area is 193 Å². The van der Waals surface area contributed by atoms with E-state index in [1.165, 1.54) is 0 Å². The second-order valence-corrected chi connectivity index (χ2v) is 7.77. The van der Waals surface area contributed by atoms with Crippen LogP contribution in [0.2, 0.25) is 0 Å². The zero-order chi connectivity index (χ0) is 23.2. The number of benzene rings is 3. The standard InChI is InChI=1S/C27H28N2O4/c1-31-20-10-8-18(9-11-20)23(24-17-28-25-7-5-4-6-22(24)25)16-29-27(30)15-19-14-21(32-2)12-13-26(19)33-3/h4-14,17,23,28H,15-16H2,1-3H3,(H,29,30). The second kappa shape index (κ2) is 10.1. The molecule has 3 aromatic carbocycles. The van der Waals surface area contributed by atoms with Crippen LogP contribution in [0, 0.1) is 0 Å². The Morgan fingerprint density at radius 2 is 1.64 bits per heavy atom. The quantitative estimate of drug-likeness (QED) is 0.393. The van der Waals surface area contributed by atoms with E-state index >= 15 is 0 Å². The molecule has 2 N–H and O–H groups in total. The first kappa shape index (κ1) is 22.3. The van der Waals surface area contributed by atoms with Gasteiger partial charge in [-0.1, -0.05) is 30.3 Å². The van der Waals surface area contributed by atoms with Gasteiger partial charge in [0.1, 0.15) is 17.2 Å². The summed E-state index contributed by atoms with van der Waals surface area (Å²) >= 11 is 0. The first-order valence-corrected chi connectivity index (χ1v) is 10.8. The molecular formula is C27H28N2O4. The lowest BCUT2D eigenvalue weighted by atomic mass is 9.90. The van der Waals surface area contributed by atoms with E-state index in [1.54, 1.807) is 21.3 Å². The number of amides is 1. The van der Waals surface area contributed by atoms with Crippen molar-refractivity contribution in [1.29, 1.82) is 0 Å². The molecule has 0 saturated heterocycles. The van der Waals surface area contributed by atoms with Crippen LogP contribution in [0.15, 0.2) is 72.9 Å². The maximum Gasteiger partial charge on any atom is 0.224 e. The molecular weight excluding hydrogens is 416 g/mol. The highest BCUT2D eigenvalue weighted by Crippen LogP contribution is 2.31. The summed E-state index contributed by atoms with van der Waals surface area (Å²) in [6.07, 6.45) is 2.22. The zero-order valence-corrected chi connectivity index (χ0v) is 19.1. The number of aromatic nitrogens is 1. The van der Waals surface area contributed by atoms with Crippen LogP contribution in [0.4, 0.5) is 0 Å². The molecule has 6 nitrogen and oxygen atoms in total. The van der Waals surface area contributed by atoms with E-state index in [0.29, 0.717) is 18.0 Å². The molecule has 0 fully saturated rings. The van der Waals surface area contributed by atoms with E-state index in [1.807, 2.05) is 60.8 Å². The lowest BCUT2D eigenvalue weighted by molar-refractivity contribution is -0.120. The molecule has 0 spiro atoms. The van der Waals surface area contributed by atoms with Gasteiger partial charge in [-0.3, -0.25) is 4.79 Å². The average molecular weight is 445 g/mol. The number of carbonyl (C=O) groups excluding carboxylic acids is 1. The molecule has 0 aliphatic heterocycles. The minimum absolute atomic E-state index is 0.0248. The lowest BCUT2D eigenvalue weighted by Gasteiger charge is -2.19. The summed E-state index contributed by atoms with van der Waals surface area (Å²) in [7, 11) is 4.85. The first-order valence-electron chi connectivity index (χ1n) is 10.8. The van der Waals surface area contributed by atoms with E-state index in [0.717, 1.165) is 33.3 Å². The van der Waals surface area contributed by atoms with Gasteiger partial charge in [-0.05, 0) is 47.5 Å². The van der Waals surface area contributed by atoms with Gasteiger partial charge in [0.2, 0.25) is 5.91 Å². The molecule has 0 radical (unpaired) electrons. The van der Waals surface area contributed by atoms with Crippen molar-refractivity contribution >= 4 is 16.8 Å². The van der Waals surface area contributed by atoms with Crippen molar-refractivity contribution < 1.29 is 19.0 Å². The van der Waals surface area contributed by atoms with Gasteiger partial charge in [-0.25, -0.2) is 0 Å². The smallest absolute Gasteiger partial charge is 0.224 e. The first-order chi connectivity index (χ1) is 16.1. The number of hydrogen-bond donors (Lipinski definition) is 2. The molecule has 1 amide bonds. The third-order valence-corrected chi connectivity index (χ3v) is 5.86.